The van der Waals surface area contributed by atoms with Gasteiger partial charge < -0.3 is 20.7 Å². The van der Waals surface area contributed by atoms with E-state index in [2.05, 4.69) is 16.0 Å². The van der Waals surface area contributed by atoms with Crippen LogP contribution in [0.5, 0.6) is 0 Å². The topological polar surface area (TPSA) is 99.8 Å². The number of rotatable bonds is 7. The predicted octanol–water partition coefficient (Wildman–Crippen LogP) is 2.26. The predicted molar refractivity (Wildman–Crippen MR) is 111 cm³/mol. The molecule has 0 aliphatic carbocycles. The van der Waals surface area contributed by atoms with Crippen LogP contribution in [0.3, 0.4) is 0 Å². The summed E-state index contributed by atoms with van der Waals surface area (Å²) in [7, 11) is 0. The highest BCUT2D eigenvalue weighted by Crippen LogP contribution is 2.18. The van der Waals surface area contributed by atoms with Gasteiger partial charge in [0, 0.05) is 25.7 Å². The van der Waals surface area contributed by atoms with Gasteiger partial charge in [-0.2, -0.15) is 0 Å². The highest BCUT2D eigenvalue weighted by atomic mass is 19.1. The highest BCUT2D eigenvalue weighted by molar-refractivity contribution is 5.92. The normalized spacial score (nSPS) is 17.0. The molecule has 31 heavy (non-hydrogen) atoms. The first-order chi connectivity index (χ1) is 14.5. The Bertz CT molecular complexity index is 798. The molecule has 1 unspecified atom stereocenters. The number of piperidine rings is 1. The second kappa shape index (κ2) is 11.0. The average molecular weight is 440 g/mol. The monoisotopic (exact) mass is 440 g/mol. The highest BCUT2D eigenvalue weighted by Gasteiger charge is 2.27. The number of anilines is 1. The first-order valence-electron chi connectivity index (χ1n) is 10.3. The maximum Gasteiger partial charge on any atom is 0.407 e. The number of hydrogen-bond acceptors (Lipinski definition) is 5. The minimum Gasteiger partial charge on any atom is -0.444 e. The largest absolute Gasteiger partial charge is 0.444 e. The Morgan fingerprint density at radius 2 is 1.87 bits per heavy atom. The summed E-state index contributed by atoms with van der Waals surface area (Å²) in [5, 5.41) is 7.77. The fraction of sp³-hybridized carbons (Fsp3) is 0.571. The van der Waals surface area contributed by atoms with Crippen LogP contribution >= 0.6 is 0 Å². The van der Waals surface area contributed by atoms with E-state index in [1.54, 1.807) is 20.8 Å². The van der Waals surface area contributed by atoms with E-state index in [4.69, 9.17) is 4.74 Å². The molecule has 0 saturated carbocycles. The van der Waals surface area contributed by atoms with Gasteiger partial charge in [-0.05, 0) is 52.3 Å². The molecule has 8 nitrogen and oxygen atoms in total. The number of carbonyl (C=O) groups excluding carboxylic acids is 3. The fourth-order valence-electron chi connectivity index (χ4n) is 3.21. The number of nitrogens with one attached hydrogen (secondary N) is 3. The summed E-state index contributed by atoms with van der Waals surface area (Å²) in [5.41, 5.74) is -0.677. The van der Waals surface area contributed by atoms with Gasteiger partial charge in [0.05, 0.1) is 18.2 Å². The molecule has 2 rings (SSSR count). The molecule has 1 heterocycles. The van der Waals surface area contributed by atoms with Gasteiger partial charge in [-0.3, -0.25) is 14.5 Å². The second-order valence-corrected chi connectivity index (χ2v) is 8.47. The Balaban J connectivity index is 1.72. The van der Waals surface area contributed by atoms with Gasteiger partial charge in [0.1, 0.15) is 17.2 Å². The number of hydrogen-bond donors (Lipinski definition) is 3. The third-order valence-electron chi connectivity index (χ3n) is 4.54. The number of likely N-dealkylation sites (tertiary alicyclic amines) is 1. The minimum absolute atomic E-state index is 0.000790. The molecular weight excluding hydrogens is 410 g/mol. The summed E-state index contributed by atoms with van der Waals surface area (Å²) < 4.78 is 31.8. The van der Waals surface area contributed by atoms with E-state index < -0.39 is 29.2 Å². The third-order valence-corrected chi connectivity index (χ3v) is 4.54. The lowest BCUT2D eigenvalue weighted by Crippen LogP contribution is -2.46. The van der Waals surface area contributed by atoms with Crippen molar-refractivity contribution in [1.82, 2.24) is 15.5 Å². The van der Waals surface area contributed by atoms with Crippen molar-refractivity contribution in [3.63, 3.8) is 0 Å². The zero-order valence-corrected chi connectivity index (χ0v) is 18.1. The van der Waals surface area contributed by atoms with Gasteiger partial charge in [0.2, 0.25) is 11.8 Å². The van der Waals surface area contributed by atoms with E-state index >= 15 is 0 Å². The molecule has 1 aliphatic rings. The molecule has 10 heteroatoms. The first-order valence-corrected chi connectivity index (χ1v) is 10.3. The van der Waals surface area contributed by atoms with Crippen LogP contribution in [-0.4, -0.2) is 61.1 Å². The molecule has 1 aromatic carbocycles. The SMILES string of the molecule is CC(C)(C)OC(=O)NCCNC(=O)C1CCCN(CC(=O)Nc2ccc(F)cc2F)C1. The van der Waals surface area contributed by atoms with Gasteiger partial charge in [0.25, 0.3) is 0 Å². The zero-order valence-electron chi connectivity index (χ0n) is 18.1. The molecule has 1 fully saturated rings. The number of ether oxygens (including phenoxy) is 1. The summed E-state index contributed by atoms with van der Waals surface area (Å²) in [6.45, 7) is 6.83. The number of amides is 3. The quantitative estimate of drug-likeness (QED) is 0.565. The number of benzene rings is 1. The van der Waals surface area contributed by atoms with E-state index in [1.807, 2.05) is 4.90 Å². The third kappa shape index (κ3) is 8.87. The lowest BCUT2D eigenvalue weighted by molar-refractivity contribution is -0.127. The molecule has 3 amide bonds. The maximum atomic E-state index is 13.7. The van der Waals surface area contributed by atoms with Gasteiger partial charge in [-0.15, -0.1) is 0 Å². The number of nitrogens with zero attached hydrogens (tertiary/aromatic N) is 1. The number of halogens is 2. The summed E-state index contributed by atoms with van der Waals surface area (Å²) in [6.07, 6.45) is 0.886. The Labute approximate surface area is 180 Å². The van der Waals surface area contributed by atoms with Crippen LogP contribution in [-0.2, 0) is 14.3 Å². The van der Waals surface area contributed by atoms with Crippen molar-refractivity contribution < 1.29 is 27.9 Å². The Hall–Kier alpha value is -2.75. The smallest absolute Gasteiger partial charge is 0.407 e. The van der Waals surface area contributed by atoms with Crippen molar-refractivity contribution in [2.75, 3.05) is 38.0 Å². The van der Waals surface area contributed by atoms with Crippen LogP contribution < -0.4 is 16.0 Å². The summed E-state index contributed by atoms with van der Waals surface area (Å²) in [6, 6.07) is 2.94. The Morgan fingerprint density at radius 3 is 2.55 bits per heavy atom. The number of alkyl carbamates (subject to hydrolysis) is 1. The van der Waals surface area contributed by atoms with E-state index in [9.17, 15) is 23.2 Å². The fourth-order valence-corrected chi connectivity index (χ4v) is 3.21. The Morgan fingerprint density at radius 1 is 1.16 bits per heavy atom. The lowest BCUT2D eigenvalue weighted by atomic mass is 9.97. The van der Waals surface area contributed by atoms with E-state index in [0.717, 1.165) is 12.5 Å². The molecule has 0 aromatic heterocycles. The van der Waals surface area contributed by atoms with Crippen molar-refractivity contribution in [3.8, 4) is 0 Å². The molecular formula is C21H30F2N4O4. The van der Waals surface area contributed by atoms with Crippen molar-refractivity contribution in [1.29, 1.82) is 0 Å². The summed E-state index contributed by atoms with van der Waals surface area (Å²) >= 11 is 0. The van der Waals surface area contributed by atoms with Crippen LogP contribution in [0.1, 0.15) is 33.6 Å². The molecule has 0 bridgehead atoms. The molecule has 172 valence electrons. The van der Waals surface area contributed by atoms with Crippen molar-refractivity contribution in [2.24, 2.45) is 5.92 Å². The average Bonchev–Trinajstić information content (AvgIpc) is 2.66. The minimum atomic E-state index is -0.843. The van der Waals surface area contributed by atoms with Gasteiger partial charge in [-0.25, -0.2) is 13.6 Å². The summed E-state index contributed by atoms with van der Waals surface area (Å²) in [4.78, 5) is 38.0. The van der Waals surface area contributed by atoms with E-state index in [1.165, 1.54) is 6.07 Å². The van der Waals surface area contributed by atoms with Crippen molar-refractivity contribution >= 4 is 23.6 Å². The van der Waals surface area contributed by atoms with Crippen LogP contribution in [0.15, 0.2) is 18.2 Å². The second-order valence-electron chi connectivity index (χ2n) is 8.47. The molecule has 1 atom stereocenters. The van der Waals surface area contributed by atoms with E-state index in [-0.39, 0.29) is 37.1 Å². The molecule has 0 radical (unpaired) electrons. The number of carbonyl (C=O) groups is 3. The summed E-state index contributed by atoms with van der Waals surface area (Å²) in [5.74, 6) is -2.44. The Kier molecular flexibility index (Phi) is 8.73. The van der Waals surface area contributed by atoms with Crippen LogP contribution in [0, 0.1) is 17.6 Å². The molecule has 1 aliphatic heterocycles. The van der Waals surface area contributed by atoms with Gasteiger partial charge in [0.15, 0.2) is 0 Å². The maximum absolute atomic E-state index is 13.7. The van der Waals surface area contributed by atoms with E-state index in [0.29, 0.717) is 25.6 Å². The first kappa shape index (κ1) is 24.5. The molecule has 1 aromatic rings. The van der Waals surface area contributed by atoms with Crippen molar-refractivity contribution in [2.45, 2.75) is 39.2 Å². The van der Waals surface area contributed by atoms with Crippen LogP contribution in [0.25, 0.3) is 0 Å². The molecule has 0 spiro atoms. The van der Waals surface area contributed by atoms with Crippen LogP contribution in [0.2, 0.25) is 0 Å². The van der Waals surface area contributed by atoms with Gasteiger partial charge in [-0.1, -0.05) is 0 Å². The molecule has 1 saturated heterocycles. The molecule has 3 N–H and O–H groups in total. The van der Waals surface area contributed by atoms with Crippen LogP contribution in [0.4, 0.5) is 19.3 Å². The lowest BCUT2D eigenvalue weighted by Gasteiger charge is -2.31. The van der Waals surface area contributed by atoms with Gasteiger partial charge >= 0.3 is 6.09 Å². The van der Waals surface area contributed by atoms with Crippen molar-refractivity contribution in [3.05, 3.63) is 29.8 Å². The standard InChI is InChI=1S/C21H30F2N4O4/c1-21(2,3)31-20(30)25-9-8-24-19(29)14-5-4-10-27(12-14)13-18(28)26-17-7-6-15(22)11-16(17)23/h6-7,11,14H,4-5,8-10,12-13H2,1-3H3,(H,24,29)(H,25,30)(H,26,28). The zero-order chi connectivity index (χ0) is 23.0.